The number of rotatable bonds is 3. The van der Waals surface area contributed by atoms with E-state index < -0.39 is 33.6 Å². The number of aliphatic carboxylic acids is 1. The smallest absolute Gasteiger partial charge is 0.409 e. The van der Waals surface area contributed by atoms with Gasteiger partial charge in [-0.1, -0.05) is 48.5 Å². The highest BCUT2D eigenvalue weighted by atomic mass is 32.2. The average Bonchev–Trinajstić information content (AvgIpc) is 2.91. The van der Waals surface area contributed by atoms with Gasteiger partial charge in [0.05, 0.1) is 17.4 Å². The van der Waals surface area contributed by atoms with Crippen LogP contribution in [0.1, 0.15) is 17.0 Å². The number of nitrogens with zero attached hydrogens (tertiary/aromatic N) is 1. The molecule has 0 radical (unpaired) electrons. The number of carboxylic acids is 1. The Morgan fingerprint density at radius 1 is 1.03 bits per heavy atom. The monoisotopic (exact) mass is 415 g/mol. The van der Waals surface area contributed by atoms with Crippen molar-refractivity contribution < 1.29 is 27.9 Å². The molecule has 2 aromatic rings. The fourth-order valence-electron chi connectivity index (χ4n) is 4.05. The Hall–Kier alpha value is -2.87. The highest BCUT2D eigenvalue weighted by Gasteiger charge is 2.35. The van der Waals surface area contributed by atoms with Crippen LogP contribution in [0.4, 0.5) is 4.79 Å². The van der Waals surface area contributed by atoms with Crippen molar-refractivity contribution in [2.75, 3.05) is 31.2 Å². The second-order valence-electron chi connectivity index (χ2n) is 7.40. The minimum Gasteiger partial charge on any atom is -0.481 e. The van der Waals surface area contributed by atoms with Crippen LogP contribution >= 0.6 is 0 Å². The van der Waals surface area contributed by atoms with E-state index in [1.165, 1.54) is 4.90 Å². The maximum atomic E-state index is 12.6. The molecule has 1 N–H and O–H groups in total. The fourth-order valence-corrected chi connectivity index (χ4v) is 5.58. The fraction of sp³-hybridized carbons (Fsp3) is 0.333. The lowest BCUT2D eigenvalue weighted by Crippen LogP contribution is -2.38. The van der Waals surface area contributed by atoms with Crippen LogP contribution in [0, 0.1) is 5.92 Å². The summed E-state index contributed by atoms with van der Waals surface area (Å²) in [5.74, 6) is -3.22. The lowest BCUT2D eigenvalue weighted by atomic mass is 9.98. The maximum absolute atomic E-state index is 12.6. The third kappa shape index (κ3) is 3.85. The van der Waals surface area contributed by atoms with Gasteiger partial charge in [0.15, 0.2) is 9.84 Å². The molecule has 1 fully saturated rings. The van der Waals surface area contributed by atoms with Gasteiger partial charge in [0.1, 0.15) is 6.61 Å². The Bertz CT molecular complexity index is 1020. The van der Waals surface area contributed by atoms with Crippen LogP contribution < -0.4 is 0 Å². The Morgan fingerprint density at radius 3 is 2.21 bits per heavy atom. The highest BCUT2D eigenvalue weighted by molar-refractivity contribution is 7.91. The van der Waals surface area contributed by atoms with Gasteiger partial charge in [-0.25, -0.2) is 13.2 Å². The molecule has 1 aliphatic heterocycles. The summed E-state index contributed by atoms with van der Waals surface area (Å²) in [6.07, 6.45) is -0.685. The number of fused-ring (bicyclic) bond motifs is 3. The molecule has 0 aromatic heterocycles. The summed E-state index contributed by atoms with van der Waals surface area (Å²) in [5.41, 5.74) is 4.36. The lowest BCUT2D eigenvalue weighted by molar-refractivity contribution is -0.141. The largest absolute Gasteiger partial charge is 0.481 e. The molecule has 1 atom stereocenters. The molecule has 0 spiro atoms. The van der Waals surface area contributed by atoms with Gasteiger partial charge in [0.25, 0.3) is 0 Å². The molecular formula is C21H21NO6S. The number of carbonyl (C=O) groups is 2. The number of benzene rings is 2. The van der Waals surface area contributed by atoms with Crippen LogP contribution in [0.2, 0.25) is 0 Å². The molecule has 0 bridgehead atoms. The quantitative estimate of drug-likeness (QED) is 0.826. The van der Waals surface area contributed by atoms with E-state index in [1.807, 2.05) is 48.5 Å². The van der Waals surface area contributed by atoms with Crippen molar-refractivity contribution in [1.29, 1.82) is 0 Å². The standard InChI is InChI=1S/C21H21NO6S/c23-20(24)14-11-22(9-10-29(26,27)13-14)21(25)28-12-19-17-7-3-1-5-15(17)16-6-2-4-8-18(16)19/h1-8,14,19H,9-13H2,(H,23,24). The SMILES string of the molecule is O=C(O)C1CN(C(=O)OCC2c3ccccc3-c3ccccc32)CCS(=O)(=O)C1. The maximum Gasteiger partial charge on any atom is 0.409 e. The summed E-state index contributed by atoms with van der Waals surface area (Å²) in [4.78, 5) is 25.2. The first-order valence-electron chi connectivity index (χ1n) is 9.39. The zero-order valence-corrected chi connectivity index (χ0v) is 16.5. The zero-order valence-electron chi connectivity index (χ0n) is 15.7. The molecule has 8 heteroatoms. The van der Waals surface area contributed by atoms with Gasteiger partial charge in [-0.2, -0.15) is 0 Å². The first-order chi connectivity index (χ1) is 13.9. The molecule has 1 amide bonds. The summed E-state index contributed by atoms with van der Waals surface area (Å²) >= 11 is 0. The molecule has 1 saturated heterocycles. The average molecular weight is 415 g/mol. The third-order valence-electron chi connectivity index (χ3n) is 5.51. The van der Waals surface area contributed by atoms with Crippen LogP contribution in [-0.2, 0) is 19.4 Å². The van der Waals surface area contributed by atoms with Crippen LogP contribution in [-0.4, -0.2) is 61.7 Å². The van der Waals surface area contributed by atoms with Crippen molar-refractivity contribution in [3.8, 4) is 11.1 Å². The van der Waals surface area contributed by atoms with E-state index in [4.69, 9.17) is 4.74 Å². The summed E-state index contributed by atoms with van der Waals surface area (Å²) in [5, 5.41) is 9.27. The van der Waals surface area contributed by atoms with Crippen molar-refractivity contribution in [1.82, 2.24) is 4.90 Å². The second-order valence-corrected chi connectivity index (χ2v) is 9.63. The number of carboxylic acid groups (broad SMARTS) is 1. The normalized spacial score (nSPS) is 20.4. The first-order valence-corrected chi connectivity index (χ1v) is 11.2. The minimum absolute atomic E-state index is 0.0667. The van der Waals surface area contributed by atoms with Crippen LogP contribution in [0.15, 0.2) is 48.5 Å². The zero-order chi connectivity index (χ0) is 20.6. The molecule has 4 rings (SSSR count). The predicted octanol–water partition coefficient (Wildman–Crippen LogP) is 2.37. The molecule has 0 saturated carbocycles. The summed E-state index contributed by atoms with van der Waals surface area (Å²) < 4.78 is 29.4. The number of carbonyl (C=O) groups excluding carboxylic acids is 1. The Morgan fingerprint density at radius 2 is 1.62 bits per heavy atom. The van der Waals surface area contributed by atoms with E-state index in [1.54, 1.807) is 0 Å². The molecule has 1 unspecified atom stereocenters. The van der Waals surface area contributed by atoms with Gasteiger partial charge < -0.3 is 14.7 Å². The molecule has 29 heavy (non-hydrogen) atoms. The number of amides is 1. The van der Waals surface area contributed by atoms with Gasteiger partial charge in [0, 0.05) is 19.0 Å². The van der Waals surface area contributed by atoms with Gasteiger partial charge in [0.2, 0.25) is 0 Å². The molecule has 7 nitrogen and oxygen atoms in total. The summed E-state index contributed by atoms with van der Waals surface area (Å²) in [6.45, 7) is -0.137. The van der Waals surface area contributed by atoms with E-state index in [0.717, 1.165) is 22.3 Å². The highest BCUT2D eigenvalue weighted by Crippen LogP contribution is 2.44. The van der Waals surface area contributed by atoms with E-state index in [-0.39, 0.29) is 31.4 Å². The van der Waals surface area contributed by atoms with Gasteiger partial charge in [-0.3, -0.25) is 4.79 Å². The molecule has 152 valence electrons. The number of hydrogen-bond acceptors (Lipinski definition) is 5. The minimum atomic E-state index is -3.52. The summed E-state index contributed by atoms with van der Waals surface area (Å²) in [7, 11) is -3.52. The molecule has 1 heterocycles. The van der Waals surface area contributed by atoms with Crippen molar-refractivity contribution in [3.63, 3.8) is 0 Å². The molecule has 2 aliphatic rings. The van der Waals surface area contributed by atoms with E-state index in [9.17, 15) is 23.1 Å². The Kier molecular flexibility index (Phi) is 5.04. The number of ether oxygens (including phenoxy) is 1. The number of sulfone groups is 1. The summed E-state index contributed by atoms with van der Waals surface area (Å²) in [6, 6.07) is 15.9. The second kappa shape index (κ2) is 7.51. The Labute approximate surface area is 168 Å². The Balaban J connectivity index is 1.50. The van der Waals surface area contributed by atoms with Gasteiger partial charge >= 0.3 is 12.1 Å². The van der Waals surface area contributed by atoms with E-state index in [2.05, 4.69) is 0 Å². The van der Waals surface area contributed by atoms with E-state index in [0.29, 0.717) is 0 Å². The third-order valence-corrected chi connectivity index (χ3v) is 7.23. The molecule has 2 aromatic carbocycles. The van der Waals surface area contributed by atoms with Crippen LogP contribution in [0.3, 0.4) is 0 Å². The van der Waals surface area contributed by atoms with Crippen LogP contribution in [0.25, 0.3) is 11.1 Å². The van der Waals surface area contributed by atoms with Crippen LogP contribution in [0.5, 0.6) is 0 Å². The van der Waals surface area contributed by atoms with Gasteiger partial charge in [-0.05, 0) is 22.3 Å². The van der Waals surface area contributed by atoms with Crippen molar-refractivity contribution in [3.05, 3.63) is 59.7 Å². The van der Waals surface area contributed by atoms with E-state index >= 15 is 0 Å². The van der Waals surface area contributed by atoms with Gasteiger partial charge in [-0.15, -0.1) is 0 Å². The topological polar surface area (TPSA) is 101 Å². The lowest BCUT2D eigenvalue weighted by Gasteiger charge is -2.23. The predicted molar refractivity (Wildman–Crippen MR) is 106 cm³/mol. The molecular weight excluding hydrogens is 394 g/mol. The van der Waals surface area contributed by atoms with Crippen molar-refractivity contribution in [2.45, 2.75) is 5.92 Å². The number of hydrogen-bond donors (Lipinski definition) is 1. The van der Waals surface area contributed by atoms with Crippen molar-refractivity contribution in [2.24, 2.45) is 5.92 Å². The first kappa shape index (κ1) is 19.4. The molecule has 1 aliphatic carbocycles. The van der Waals surface area contributed by atoms with Crippen molar-refractivity contribution >= 4 is 21.9 Å².